The first-order valence-corrected chi connectivity index (χ1v) is 22.4. The van der Waals surface area contributed by atoms with Gasteiger partial charge in [0.05, 0.1) is 39.5 Å². The first kappa shape index (κ1) is 39.7. The topological polar surface area (TPSA) is 98.1 Å². The van der Waals surface area contributed by atoms with Crippen molar-refractivity contribution >= 4 is 90.7 Å². The maximum absolute atomic E-state index is 12.1. The molecule has 8 bridgehead atoms. The van der Waals surface area contributed by atoms with Gasteiger partial charge < -0.3 is 15.3 Å². The number of amides is 1. The van der Waals surface area contributed by atoms with E-state index in [9.17, 15) is 4.79 Å². The van der Waals surface area contributed by atoms with Crippen LogP contribution >= 0.6 is 0 Å². The van der Waals surface area contributed by atoms with Gasteiger partial charge in [0.25, 0.3) is 0 Å². The minimum Gasteiger partial charge on any atom is -0.354 e. The molecule has 8 heterocycles. The highest BCUT2D eigenvalue weighted by Gasteiger charge is 2.23. The Morgan fingerprint density at radius 3 is 1.10 bits per heavy atom. The van der Waals surface area contributed by atoms with E-state index in [2.05, 4.69) is 208 Å². The van der Waals surface area contributed by atoms with E-state index in [4.69, 9.17) is 9.97 Å². The van der Waals surface area contributed by atoms with Gasteiger partial charge in [-0.05, 0) is 103 Å². The summed E-state index contributed by atoms with van der Waals surface area (Å²) >= 11 is 0. The van der Waals surface area contributed by atoms with E-state index in [1.807, 2.05) is 24.3 Å². The molecule has 0 fully saturated rings. The number of para-hydroxylation sites is 3. The van der Waals surface area contributed by atoms with Crippen LogP contribution < -0.4 is 19.0 Å². The average Bonchev–Trinajstić information content (AvgIpc) is 4.18. The maximum Gasteiger partial charge on any atom is 0.221 e. The summed E-state index contributed by atoms with van der Waals surface area (Å²) in [7, 11) is 6.30. The Kier molecular flexibility index (Phi) is 9.32. The van der Waals surface area contributed by atoms with Crippen LogP contribution in [-0.2, 0) is 25.9 Å². The minimum absolute atomic E-state index is 0.121. The third-order valence-corrected chi connectivity index (χ3v) is 13.0. The molecular formula is C58H45N8O+3. The highest BCUT2D eigenvalue weighted by atomic mass is 16.1. The van der Waals surface area contributed by atoms with Crippen molar-refractivity contribution in [3.05, 3.63) is 181 Å². The van der Waals surface area contributed by atoms with Crippen molar-refractivity contribution < 1.29 is 18.5 Å². The first-order valence-electron chi connectivity index (χ1n) is 22.4. The molecule has 10 aromatic rings. The van der Waals surface area contributed by atoms with Crippen LogP contribution in [0.5, 0.6) is 0 Å². The highest BCUT2D eigenvalue weighted by molar-refractivity contribution is 6.01. The Balaban J connectivity index is 1.24. The number of nitrogens with zero attached hydrogens (tertiary/aromatic N) is 5. The molecule has 0 spiro atoms. The minimum atomic E-state index is -0.121. The second-order valence-electron chi connectivity index (χ2n) is 17.5. The standard InChI is InChI=1S/C58H44N8O/c1-35(67)59-43-19-17-36(18-20-43)55-44-21-23-46(60-44)56(40-29-37-11-5-8-14-52(37)64(2)32-40)48-25-27-50(62-48)58(42-31-39-13-7-10-16-54(39)66(4)34-42)51-28-26-49(63-51)57(47-24-22-45(55)61-47)41-30-38-12-6-9-15-53(38)65(3)33-41/h5-34H,1-4H3,(H2-,59,60,61,62,63,67)/q+2/p+1. The molecular weight excluding hydrogens is 825 g/mol. The van der Waals surface area contributed by atoms with Crippen molar-refractivity contribution in [1.29, 1.82) is 0 Å². The maximum atomic E-state index is 12.1. The van der Waals surface area contributed by atoms with E-state index >= 15 is 0 Å². The van der Waals surface area contributed by atoms with E-state index in [1.54, 1.807) is 0 Å². The van der Waals surface area contributed by atoms with E-state index in [-0.39, 0.29) is 5.91 Å². The average molecular weight is 870 g/mol. The summed E-state index contributed by atoms with van der Waals surface area (Å²) in [5.41, 5.74) is 19.0. The number of benzene rings is 4. The Morgan fingerprint density at radius 1 is 0.433 bits per heavy atom. The largest absolute Gasteiger partial charge is 0.354 e. The van der Waals surface area contributed by atoms with Gasteiger partial charge in [-0.3, -0.25) is 4.79 Å². The molecule has 9 nitrogen and oxygen atoms in total. The van der Waals surface area contributed by atoms with Gasteiger partial charge in [0.15, 0.2) is 18.6 Å². The van der Waals surface area contributed by atoms with Crippen LogP contribution in [0.1, 0.15) is 29.7 Å². The number of anilines is 1. The molecule has 0 aliphatic carbocycles. The number of carbonyl (C=O) groups excluding carboxylic acids is 1. The number of hydrogen-bond acceptors (Lipinski definition) is 3. The molecule has 67 heavy (non-hydrogen) atoms. The van der Waals surface area contributed by atoms with Crippen LogP contribution in [0.3, 0.4) is 0 Å². The molecule has 0 saturated carbocycles. The number of fused-ring (bicyclic) bond motifs is 11. The van der Waals surface area contributed by atoms with E-state index in [0.29, 0.717) is 0 Å². The number of aromatic amines is 2. The van der Waals surface area contributed by atoms with Crippen molar-refractivity contribution in [2.45, 2.75) is 6.92 Å². The van der Waals surface area contributed by atoms with Crippen molar-refractivity contribution in [2.75, 3.05) is 5.32 Å². The van der Waals surface area contributed by atoms with E-state index in [1.165, 1.54) is 6.92 Å². The molecule has 320 valence electrons. The fourth-order valence-corrected chi connectivity index (χ4v) is 10.00. The number of aryl methyl sites for hydroxylation is 3. The second kappa shape index (κ2) is 15.7. The van der Waals surface area contributed by atoms with Crippen molar-refractivity contribution in [2.24, 2.45) is 21.1 Å². The van der Waals surface area contributed by atoms with Gasteiger partial charge >= 0.3 is 0 Å². The Morgan fingerprint density at radius 2 is 0.761 bits per heavy atom. The van der Waals surface area contributed by atoms with Crippen LogP contribution in [0.25, 0.3) is 124 Å². The molecule has 6 aromatic heterocycles. The Hall–Kier alpha value is -8.82. The second-order valence-corrected chi connectivity index (χ2v) is 17.5. The van der Waals surface area contributed by atoms with Gasteiger partial charge in [0, 0.05) is 91.3 Å². The number of nitrogens with one attached hydrogen (secondary N) is 3. The zero-order valence-electron chi connectivity index (χ0n) is 37.5. The molecule has 2 aliphatic heterocycles. The predicted octanol–water partition coefficient (Wildman–Crippen LogP) is 11.2. The smallest absolute Gasteiger partial charge is 0.221 e. The number of aromatic nitrogens is 7. The number of pyridine rings is 3. The summed E-state index contributed by atoms with van der Waals surface area (Å²) in [6.07, 6.45) is 15.1. The predicted molar refractivity (Wildman–Crippen MR) is 271 cm³/mol. The number of H-pyrrole nitrogens is 2. The summed E-state index contributed by atoms with van der Waals surface area (Å²) in [6.45, 7) is 1.52. The molecule has 3 N–H and O–H groups in total. The molecule has 9 heteroatoms. The lowest BCUT2D eigenvalue weighted by atomic mass is 10.0. The van der Waals surface area contributed by atoms with Gasteiger partial charge in [0.2, 0.25) is 22.5 Å². The van der Waals surface area contributed by atoms with E-state index in [0.717, 1.165) is 128 Å². The zero-order valence-corrected chi connectivity index (χ0v) is 37.5. The lowest BCUT2D eigenvalue weighted by Gasteiger charge is -2.08. The number of rotatable bonds is 5. The van der Waals surface area contributed by atoms with Crippen LogP contribution in [-0.4, -0.2) is 25.8 Å². The lowest BCUT2D eigenvalue weighted by Crippen LogP contribution is -2.28. The van der Waals surface area contributed by atoms with Crippen LogP contribution in [0.2, 0.25) is 0 Å². The molecule has 4 aromatic carbocycles. The van der Waals surface area contributed by atoms with Crippen molar-refractivity contribution in [3.8, 4) is 44.5 Å². The van der Waals surface area contributed by atoms with Gasteiger partial charge in [-0.2, -0.15) is 0 Å². The molecule has 0 atom stereocenters. The Labute approximate surface area is 386 Å². The van der Waals surface area contributed by atoms with Gasteiger partial charge in [0.1, 0.15) is 21.1 Å². The highest BCUT2D eigenvalue weighted by Crippen LogP contribution is 2.39. The monoisotopic (exact) mass is 869 g/mol. The SMILES string of the molecule is CC(=O)Nc1ccc(-c2c3nc(c(-c4cc5ccccc5[n+](C)c4)c4ccc([nH]4)c(-c4cc5ccccc5[n+](C)c4)c4nc(c(-c5cc6ccccc6[n+](C)c5)c5ccc2[nH]5)C=C4)C=C3)cc1. The number of hydrogen-bond donors (Lipinski definition) is 3. The Bertz CT molecular complexity index is 3880. The molecule has 0 saturated heterocycles. The fraction of sp³-hybridized carbons (Fsp3) is 0.0690. The quantitative estimate of drug-likeness (QED) is 0.150. The van der Waals surface area contributed by atoms with Crippen molar-refractivity contribution in [1.82, 2.24) is 19.9 Å². The van der Waals surface area contributed by atoms with Crippen molar-refractivity contribution in [3.63, 3.8) is 0 Å². The first-order chi connectivity index (χ1) is 32.7. The third-order valence-electron chi connectivity index (χ3n) is 13.0. The van der Waals surface area contributed by atoms with Gasteiger partial charge in [-0.15, -0.1) is 0 Å². The molecule has 12 rings (SSSR count). The van der Waals surface area contributed by atoms with E-state index < -0.39 is 0 Å². The molecule has 0 unspecified atom stereocenters. The molecule has 2 aliphatic rings. The molecule has 1 amide bonds. The zero-order chi connectivity index (χ0) is 45.3. The normalized spacial score (nSPS) is 12.1. The van der Waals surface area contributed by atoms with Gasteiger partial charge in [-0.1, -0.05) is 48.5 Å². The fourth-order valence-electron chi connectivity index (χ4n) is 10.00. The third kappa shape index (κ3) is 6.96. The lowest BCUT2D eigenvalue weighted by molar-refractivity contribution is -0.644. The summed E-state index contributed by atoms with van der Waals surface area (Å²) in [5.74, 6) is -0.121. The molecule has 0 radical (unpaired) electrons. The number of carbonyl (C=O) groups is 1. The summed E-state index contributed by atoms with van der Waals surface area (Å²) in [4.78, 5) is 31.0. The summed E-state index contributed by atoms with van der Waals surface area (Å²) in [5, 5.41) is 6.32. The summed E-state index contributed by atoms with van der Waals surface area (Å²) in [6, 6.07) is 48.8. The van der Waals surface area contributed by atoms with Gasteiger partial charge in [-0.25, -0.2) is 23.7 Å². The van der Waals surface area contributed by atoms with Crippen LogP contribution in [0.4, 0.5) is 5.69 Å². The summed E-state index contributed by atoms with van der Waals surface area (Å²) < 4.78 is 6.57. The van der Waals surface area contributed by atoms with Crippen LogP contribution in [0, 0.1) is 0 Å². The van der Waals surface area contributed by atoms with Crippen LogP contribution in [0.15, 0.2) is 158 Å².